The molecule has 0 radical (unpaired) electrons. The molecular weight excluding hydrogens is 174 g/mol. The zero-order valence-corrected chi connectivity index (χ0v) is 8.71. The summed E-state index contributed by atoms with van der Waals surface area (Å²) in [5.41, 5.74) is 2.31. The molecule has 0 aliphatic carbocycles. The fraction of sp³-hybridized carbons (Fsp3) is 0.417. The first-order valence-corrected chi connectivity index (χ1v) is 4.81. The number of ether oxygens (including phenoxy) is 1. The van der Waals surface area contributed by atoms with Crippen molar-refractivity contribution in [1.29, 1.82) is 5.26 Å². The van der Waals surface area contributed by atoms with Crippen LogP contribution in [0.3, 0.4) is 0 Å². The van der Waals surface area contributed by atoms with E-state index in [-0.39, 0.29) is 0 Å². The second kappa shape index (κ2) is 5.29. The Kier molecular flexibility index (Phi) is 4.00. The van der Waals surface area contributed by atoms with Crippen molar-refractivity contribution in [3.8, 4) is 11.8 Å². The maximum absolute atomic E-state index is 8.37. The van der Waals surface area contributed by atoms with Gasteiger partial charge in [0.2, 0.25) is 0 Å². The van der Waals surface area contributed by atoms with E-state index in [1.807, 2.05) is 32.0 Å². The molecule has 0 saturated heterocycles. The smallest absolute Gasteiger partial charge is 0.125 e. The summed E-state index contributed by atoms with van der Waals surface area (Å²) in [4.78, 5) is 0. The van der Waals surface area contributed by atoms with E-state index in [2.05, 4.69) is 6.07 Å². The Morgan fingerprint density at radius 1 is 1.29 bits per heavy atom. The van der Waals surface area contributed by atoms with Crippen molar-refractivity contribution in [2.75, 3.05) is 6.61 Å². The highest BCUT2D eigenvalue weighted by atomic mass is 16.5. The fourth-order valence-corrected chi connectivity index (χ4v) is 1.35. The first-order valence-electron chi connectivity index (χ1n) is 4.81. The van der Waals surface area contributed by atoms with Crippen LogP contribution in [0.15, 0.2) is 18.2 Å². The Balaban J connectivity index is 2.54. The Morgan fingerprint density at radius 2 is 1.93 bits per heavy atom. The minimum atomic E-state index is 0.560. The minimum absolute atomic E-state index is 0.560. The van der Waals surface area contributed by atoms with Crippen LogP contribution in [0.1, 0.15) is 24.0 Å². The van der Waals surface area contributed by atoms with Crippen LogP contribution >= 0.6 is 0 Å². The highest BCUT2D eigenvalue weighted by molar-refractivity contribution is 5.39. The maximum Gasteiger partial charge on any atom is 0.125 e. The van der Waals surface area contributed by atoms with E-state index in [4.69, 9.17) is 10.00 Å². The van der Waals surface area contributed by atoms with Crippen molar-refractivity contribution in [2.24, 2.45) is 0 Å². The van der Waals surface area contributed by atoms with Gasteiger partial charge < -0.3 is 4.74 Å². The normalized spacial score (nSPS) is 9.50. The number of aryl methyl sites for hydroxylation is 2. The highest BCUT2D eigenvalue weighted by Crippen LogP contribution is 2.22. The largest absolute Gasteiger partial charge is 0.493 e. The van der Waals surface area contributed by atoms with Gasteiger partial charge in [-0.2, -0.15) is 5.26 Å². The fourth-order valence-electron chi connectivity index (χ4n) is 1.35. The molecular formula is C12H15NO. The minimum Gasteiger partial charge on any atom is -0.493 e. The van der Waals surface area contributed by atoms with Crippen LogP contribution in [0.25, 0.3) is 0 Å². The highest BCUT2D eigenvalue weighted by Gasteiger charge is 2.01. The number of para-hydroxylation sites is 1. The molecule has 74 valence electrons. The molecule has 0 saturated carbocycles. The molecule has 0 bridgehead atoms. The standard InChI is InChI=1S/C12H15NO/c1-10-6-5-7-11(2)12(10)14-9-4-3-8-13/h5-7H,3-4,9H2,1-2H3. The average molecular weight is 189 g/mol. The predicted octanol–water partition coefficient (Wildman–Crippen LogP) is 2.99. The SMILES string of the molecule is Cc1cccc(C)c1OCCCC#N. The maximum atomic E-state index is 8.37. The summed E-state index contributed by atoms with van der Waals surface area (Å²) in [7, 11) is 0. The molecule has 2 heteroatoms. The lowest BCUT2D eigenvalue weighted by Crippen LogP contribution is -1.99. The third kappa shape index (κ3) is 2.77. The Labute approximate surface area is 85.1 Å². The van der Waals surface area contributed by atoms with Crippen LogP contribution in [-0.4, -0.2) is 6.61 Å². The van der Waals surface area contributed by atoms with Gasteiger partial charge in [-0.3, -0.25) is 0 Å². The zero-order chi connectivity index (χ0) is 10.4. The van der Waals surface area contributed by atoms with Gasteiger partial charge in [-0.05, 0) is 31.4 Å². The Morgan fingerprint density at radius 3 is 2.50 bits per heavy atom. The summed E-state index contributed by atoms with van der Waals surface area (Å²) < 4.78 is 5.62. The van der Waals surface area contributed by atoms with Crippen LogP contribution in [-0.2, 0) is 0 Å². The van der Waals surface area contributed by atoms with Gasteiger partial charge in [0.1, 0.15) is 5.75 Å². The number of hydrogen-bond acceptors (Lipinski definition) is 2. The third-order valence-corrected chi connectivity index (χ3v) is 2.09. The second-order valence-electron chi connectivity index (χ2n) is 3.33. The van der Waals surface area contributed by atoms with Gasteiger partial charge in [0.25, 0.3) is 0 Å². The summed E-state index contributed by atoms with van der Waals surface area (Å²) in [5.74, 6) is 0.963. The summed E-state index contributed by atoms with van der Waals surface area (Å²) >= 11 is 0. The monoisotopic (exact) mass is 189 g/mol. The van der Waals surface area contributed by atoms with E-state index in [1.54, 1.807) is 0 Å². The van der Waals surface area contributed by atoms with Gasteiger partial charge in [0.15, 0.2) is 0 Å². The summed E-state index contributed by atoms with van der Waals surface area (Å²) in [6.45, 7) is 4.69. The van der Waals surface area contributed by atoms with Crippen LogP contribution in [0.4, 0.5) is 0 Å². The average Bonchev–Trinajstić information content (AvgIpc) is 2.16. The predicted molar refractivity (Wildman–Crippen MR) is 56.3 cm³/mol. The molecule has 0 atom stereocenters. The van der Waals surface area contributed by atoms with Crippen molar-refractivity contribution in [1.82, 2.24) is 0 Å². The Hall–Kier alpha value is -1.49. The first-order chi connectivity index (χ1) is 6.75. The van der Waals surface area contributed by atoms with Crippen molar-refractivity contribution in [3.05, 3.63) is 29.3 Å². The topological polar surface area (TPSA) is 33.0 Å². The quantitative estimate of drug-likeness (QED) is 0.682. The number of nitrogens with zero attached hydrogens (tertiary/aromatic N) is 1. The molecule has 0 heterocycles. The number of rotatable bonds is 4. The van der Waals surface area contributed by atoms with Gasteiger partial charge in [0.05, 0.1) is 12.7 Å². The van der Waals surface area contributed by atoms with Crippen molar-refractivity contribution < 1.29 is 4.74 Å². The van der Waals surface area contributed by atoms with Crippen LogP contribution in [0.2, 0.25) is 0 Å². The van der Waals surface area contributed by atoms with E-state index in [0.717, 1.165) is 23.3 Å². The number of unbranched alkanes of at least 4 members (excludes halogenated alkanes) is 1. The molecule has 0 fully saturated rings. The molecule has 0 aliphatic rings. The van der Waals surface area contributed by atoms with Crippen LogP contribution in [0, 0.1) is 25.2 Å². The van der Waals surface area contributed by atoms with Gasteiger partial charge >= 0.3 is 0 Å². The lowest BCUT2D eigenvalue weighted by Gasteiger charge is -2.10. The molecule has 2 nitrogen and oxygen atoms in total. The van der Waals surface area contributed by atoms with Crippen molar-refractivity contribution >= 4 is 0 Å². The second-order valence-corrected chi connectivity index (χ2v) is 3.33. The van der Waals surface area contributed by atoms with Crippen LogP contribution in [0.5, 0.6) is 5.75 Å². The zero-order valence-electron chi connectivity index (χ0n) is 8.71. The Bertz CT molecular complexity index is 318. The summed E-state index contributed by atoms with van der Waals surface area (Å²) in [5, 5.41) is 8.37. The summed E-state index contributed by atoms with van der Waals surface area (Å²) in [6.07, 6.45) is 1.36. The molecule has 0 unspecified atom stereocenters. The van der Waals surface area contributed by atoms with Gasteiger partial charge in [-0.1, -0.05) is 18.2 Å². The van der Waals surface area contributed by atoms with E-state index >= 15 is 0 Å². The molecule has 1 aromatic rings. The lowest BCUT2D eigenvalue weighted by atomic mass is 10.1. The lowest BCUT2D eigenvalue weighted by molar-refractivity contribution is 0.308. The molecule has 0 amide bonds. The van der Waals surface area contributed by atoms with Gasteiger partial charge in [0, 0.05) is 6.42 Å². The molecule has 0 spiro atoms. The first kappa shape index (κ1) is 10.6. The van der Waals surface area contributed by atoms with Gasteiger partial charge in [-0.25, -0.2) is 0 Å². The van der Waals surface area contributed by atoms with E-state index < -0.39 is 0 Å². The molecule has 0 aliphatic heterocycles. The number of hydrogen-bond donors (Lipinski definition) is 0. The molecule has 1 aromatic carbocycles. The van der Waals surface area contributed by atoms with Crippen molar-refractivity contribution in [2.45, 2.75) is 26.7 Å². The number of benzene rings is 1. The molecule has 14 heavy (non-hydrogen) atoms. The third-order valence-electron chi connectivity index (χ3n) is 2.09. The van der Waals surface area contributed by atoms with E-state index in [0.29, 0.717) is 13.0 Å². The summed E-state index contributed by atoms with van der Waals surface area (Å²) in [6, 6.07) is 8.19. The number of nitriles is 1. The van der Waals surface area contributed by atoms with E-state index in [9.17, 15) is 0 Å². The molecule has 0 aromatic heterocycles. The molecule has 1 rings (SSSR count). The van der Waals surface area contributed by atoms with Gasteiger partial charge in [-0.15, -0.1) is 0 Å². The van der Waals surface area contributed by atoms with Crippen LogP contribution < -0.4 is 4.74 Å². The van der Waals surface area contributed by atoms with Crippen molar-refractivity contribution in [3.63, 3.8) is 0 Å². The molecule has 0 N–H and O–H groups in total. The van der Waals surface area contributed by atoms with E-state index in [1.165, 1.54) is 0 Å².